The second-order valence-corrected chi connectivity index (χ2v) is 29.0. The molecule has 0 saturated heterocycles. The zero-order valence-corrected chi connectivity index (χ0v) is 58.1. The average Bonchev–Trinajstić information content (AvgIpc) is 1.61. The van der Waals surface area contributed by atoms with Crippen LogP contribution in [0.15, 0.2) is 349 Å². The zero-order valence-electron chi connectivity index (χ0n) is 57.2. The number of aromatic nitrogens is 6. The number of para-hydroxylation sites is 3. The van der Waals surface area contributed by atoms with E-state index < -0.39 is 0 Å². The number of hydrogen-bond donors (Lipinski definition) is 0. The smallest absolute Gasteiger partial charge is 0.246 e. The summed E-state index contributed by atoms with van der Waals surface area (Å²) in [6.07, 6.45) is 3.66. The summed E-state index contributed by atoms with van der Waals surface area (Å²) < 4.78 is 19.9. The van der Waals surface area contributed by atoms with Crippen LogP contribution in [-0.2, 0) is 0 Å². The molecule has 17 aromatic carbocycles. The molecule has 24 aromatic rings. The molecule has 24 rings (SSSR count). The topological polar surface area (TPSA) is 87.7 Å². The van der Waals surface area contributed by atoms with E-state index in [4.69, 9.17) is 28.8 Å². The van der Waals surface area contributed by atoms with E-state index in [9.17, 15) is 0 Å². The Balaban J connectivity index is 0.000000131. The lowest BCUT2D eigenvalue weighted by Crippen LogP contribution is -1.98. The van der Waals surface area contributed by atoms with Crippen LogP contribution in [0, 0.1) is 0 Å². The molecule has 0 bridgehead atoms. The van der Waals surface area contributed by atoms with Gasteiger partial charge in [0.25, 0.3) is 0 Å². The standard InChI is InChI=1S/C52H30N4O.C46H26N2OS/c1-2-11-34(12-3-1)55-44-16-8-6-14-39(44)42-28-32(19-25-46(42)55)33-20-26-47-43(29-33)40-15-7-9-17-45(40)56(47)49-30-53-52-51(54-49)50-41-23-22-36-35-13-5-4-10-31(35)18-21-37(36)38(41)24-27-48(50)57-52;1-2-10-32-28(7-1)19-20-35-34(32)21-22-38-36(35)23-24-41-43(38)44-46(49-41)47-26-40(48-44)31-9-5-8-30(25-31)27-15-17-29(18-16-27)33-12-6-13-39-37-11-3-4-14-42(37)50-45(33)39/h1-30H;1-26H. The Bertz CT molecular complexity index is 7900. The van der Waals surface area contributed by atoms with Crippen molar-refractivity contribution in [3.63, 3.8) is 0 Å². The molecule has 9 heteroatoms. The fourth-order valence-corrected chi connectivity index (χ4v) is 18.4. The molecule has 7 heterocycles. The first kappa shape index (κ1) is 59.4. The summed E-state index contributed by atoms with van der Waals surface area (Å²) in [7, 11) is 0. The van der Waals surface area contributed by atoms with Crippen molar-refractivity contribution in [1.29, 1.82) is 0 Å². The van der Waals surface area contributed by atoms with E-state index in [1.807, 2.05) is 23.7 Å². The normalized spacial score (nSPS) is 12.1. The van der Waals surface area contributed by atoms with Gasteiger partial charge in [-0.15, -0.1) is 11.3 Å². The fraction of sp³-hybridized carbons (Fsp3) is 0. The maximum absolute atomic E-state index is 6.35. The molecular formula is C98H56N6O2S. The SMILES string of the molecule is c1cc(-c2ccc(-c3cccc4c3sc3ccccc34)cc2)cc(-c2cnc3oc4ccc5c6ccc7ccccc7c6ccc5c4c3n2)c1.c1ccc(-n2c3ccccc3c3cc(-c4ccc5c(c4)c4ccccc4n5-c4cnc5oc6ccc7c8ccc9ccccc9c8ccc7c6c5n4)ccc32)cc1. The lowest BCUT2D eigenvalue weighted by molar-refractivity contribution is 0.652. The van der Waals surface area contributed by atoms with Gasteiger partial charge in [-0.3, -0.25) is 4.57 Å². The van der Waals surface area contributed by atoms with Crippen molar-refractivity contribution in [3.05, 3.63) is 340 Å². The number of thiophene rings is 1. The third kappa shape index (κ3) is 9.15. The van der Waals surface area contributed by atoms with E-state index in [1.165, 1.54) is 118 Å². The average molecular weight is 1380 g/mol. The van der Waals surface area contributed by atoms with Crippen molar-refractivity contribution >= 4 is 184 Å². The third-order valence-corrected chi connectivity index (χ3v) is 23.4. The van der Waals surface area contributed by atoms with Crippen LogP contribution in [0.3, 0.4) is 0 Å². The number of hydrogen-bond acceptors (Lipinski definition) is 7. The lowest BCUT2D eigenvalue weighted by atomic mass is 9.95. The summed E-state index contributed by atoms with van der Waals surface area (Å²) in [5, 5.41) is 23.9. The van der Waals surface area contributed by atoms with Crippen LogP contribution in [0.4, 0.5) is 0 Å². The highest BCUT2D eigenvalue weighted by molar-refractivity contribution is 7.26. The van der Waals surface area contributed by atoms with Crippen LogP contribution in [-0.4, -0.2) is 29.1 Å². The van der Waals surface area contributed by atoms with E-state index in [0.717, 1.165) is 99.6 Å². The Kier molecular flexibility index (Phi) is 12.9. The molecule has 0 saturated carbocycles. The highest BCUT2D eigenvalue weighted by Gasteiger charge is 2.23. The number of nitrogens with zero attached hydrogens (tertiary/aromatic N) is 6. The van der Waals surface area contributed by atoms with Crippen molar-refractivity contribution in [2.45, 2.75) is 0 Å². The molecule has 0 fully saturated rings. The Morgan fingerprint density at radius 1 is 0.271 bits per heavy atom. The van der Waals surface area contributed by atoms with Crippen LogP contribution < -0.4 is 0 Å². The zero-order chi connectivity index (χ0) is 70.0. The van der Waals surface area contributed by atoms with Crippen molar-refractivity contribution in [3.8, 4) is 56.1 Å². The van der Waals surface area contributed by atoms with Crippen molar-refractivity contribution in [2.24, 2.45) is 0 Å². The van der Waals surface area contributed by atoms with Crippen molar-refractivity contribution in [2.75, 3.05) is 0 Å². The Hall–Kier alpha value is -14.1. The van der Waals surface area contributed by atoms with Crippen molar-refractivity contribution < 1.29 is 8.83 Å². The minimum Gasteiger partial charge on any atom is -0.436 e. The van der Waals surface area contributed by atoms with Crippen LogP contribution in [0.25, 0.3) is 229 Å². The molecule has 107 heavy (non-hydrogen) atoms. The maximum Gasteiger partial charge on any atom is 0.246 e. The molecule has 496 valence electrons. The van der Waals surface area contributed by atoms with Gasteiger partial charge in [0.1, 0.15) is 22.2 Å². The van der Waals surface area contributed by atoms with Crippen LogP contribution in [0.2, 0.25) is 0 Å². The van der Waals surface area contributed by atoms with Gasteiger partial charge in [0.15, 0.2) is 5.82 Å². The van der Waals surface area contributed by atoms with Gasteiger partial charge < -0.3 is 13.4 Å². The third-order valence-electron chi connectivity index (χ3n) is 22.1. The van der Waals surface area contributed by atoms with Crippen LogP contribution >= 0.6 is 11.3 Å². The van der Waals surface area contributed by atoms with E-state index in [2.05, 4.69) is 337 Å². The van der Waals surface area contributed by atoms with Gasteiger partial charge in [-0.1, -0.05) is 255 Å². The van der Waals surface area contributed by atoms with Crippen LogP contribution in [0.5, 0.6) is 0 Å². The Labute approximate surface area is 614 Å². The van der Waals surface area contributed by atoms with Gasteiger partial charge >= 0.3 is 0 Å². The largest absolute Gasteiger partial charge is 0.436 e. The van der Waals surface area contributed by atoms with Gasteiger partial charge in [0.05, 0.1) is 50.9 Å². The van der Waals surface area contributed by atoms with E-state index >= 15 is 0 Å². The maximum atomic E-state index is 6.35. The molecule has 0 N–H and O–H groups in total. The summed E-state index contributed by atoms with van der Waals surface area (Å²) in [6, 6.07) is 118. The second kappa shape index (κ2) is 23.2. The minimum absolute atomic E-state index is 0.534. The number of fused-ring (bicyclic) bond motifs is 27. The molecule has 0 aliphatic carbocycles. The van der Waals surface area contributed by atoms with Gasteiger partial charge in [-0.2, -0.15) is 0 Å². The molecule has 0 aliphatic heterocycles. The molecule has 0 atom stereocenters. The first-order valence-corrected chi connectivity index (χ1v) is 36.9. The predicted octanol–water partition coefficient (Wildman–Crippen LogP) is 26.9. The minimum atomic E-state index is 0.534. The predicted molar refractivity (Wildman–Crippen MR) is 447 cm³/mol. The summed E-state index contributed by atoms with van der Waals surface area (Å²) >= 11 is 1.87. The molecule has 8 nitrogen and oxygen atoms in total. The number of furan rings is 2. The second-order valence-electron chi connectivity index (χ2n) is 27.9. The molecular weight excluding hydrogens is 1330 g/mol. The first-order valence-electron chi connectivity index (χ1n) is 36.1. The highest BCUT2D eigenvalue weighted by Crippen LogP contribution is 2.45. The van der Waals surface area contributed by atoms with Crippen molar-refractivity contribution in [1.82, 2.24) is 29.1 Å². The number of rotatable bonds is 6. The van der Waals surface area contributed by atoms with E-state index in [-0.39, 0.29) is 0 Å². The number of benzene rings is 17. The van der Waals surface area contributed by atoms with Gasteiger partial charge in [-0.25, -0.2) is 19.9 Å². The van der Waals surface area contributed by atoms with Gasteiger partial charge in [-0.05, 0) is 171 Å². The molecule has 0 aliphatic rings. The Morgan fingerprint density at radius 3 is 1.39 bits per heavy atom. The molecule has 0 amide bonds. The van der Waals surface area contributed by atoms with E-state index in [1.54, 1.807) is 0 Å². The summed E-state index contributed by atoms with van der Waals surface area (Å²) in [6.45, 7) is 0. The molecule has 7 aromatic heterocycles. The van der Waals surface area contributed by atoms with Gasteiger partial charge in [0.2, 0.25) is 11.4 Å². The molecule has 0 radical (unpaired) electrons. The monoisotopic (exact) mass is 1380 g/mol. The lowest BCUT2D eigenvalue weighted by Gasteiger charge is -2.09. The summed E-state index contributed by atoms with van der Waals surface area (Å²) in [5.74, 6) is 0.753. The van der Waals surface area contributed by atoms with E-state index in [0.29, 0.717) is 11.4 Å². The van der Waals surface area contributed by atoms with Gasteiger partial charge in [0, 0.05) is 53.0 Å². The summed E-state index contributed by atoms with van der Waals surface area (Å²) in [5.41, 5.74) is 18.9. The highest BCUT2D eigenvalue weighted by atomic mass is 32.1. The first-order chi connectivity index (χ1) is 53.0. The molecule has 0 unspecified atom stereocenters. The fourth-order valence-electron chi connectivity index (χ4n) is 17.2. The molecule has 0 spiro atoms. The Morgan fingerprint density at radius 2 is 0.729 bits per heavy atom. The summed E-state index contributed by atoms with van der Waals surface area (Å²) in [4.78, 5) is 20.2. The van der Waals surface area contributed by atoms with Crippen LogP contribution in [0.1, 0.15) is 0 Å². The quantitative estimate of drug-likeness (QED) is 0.154.